The molecule has 118 valence electrons. The minimum absolute atomic E-state index is 0.00733. The van der Waals surface area contributed by atoms with Gasteiger partial charge in [-0.3, -0.25) is 4.79 Å². The van der Waals surface area contributed by atoms with Crippen LogP contribution in [0.5, 0.6) is 0 Å². The Labute approximate surface area is 136 Å². The number of hydrogen-bond acceptors (Lipinski definition) is 3. The predicted molar refractivity (Wildman–Crippen MR) is 93.5 cm³/mol. The maximum absolute atomic E-state index is 12.3. The monoisotopic (exact) mass is 316 g/mol. The molecule has 0 saturated heterocycles. The largest absolute Gasteiger partial charge is 0.351 e. The van der Waals surface area contributed by atoms with E-state index in [1.807, 2.05) is 6.92 Å². The number of thiazole rings is 1. The van der Waals surface area contributed by atoms with Crippen molar-refractivity contribution in [1.82, 2.24) is 10.3 Å². The standard InChI is InChI=1S/C18H24N2OS/c1-5-14-6-8-15(9-7-14)18-20-13(4)16(22-18)17(21)19-11-10-12(2)3/h6-9,12H,5,10-11H2,1-4H3,(H,19,21). The second kappa shape index (κ2) is 7.54. The van der Waals surface area contributed by atoms with Gasteiger partial charge in [0.25, 0.3) is 5.91 Å². The first-order chi connectivity index (χ1) is 10.5. The summed E-state index contributed by atoms with van der Waals surface area (Å²) in [5, 5.41) is 3.90. The molecule has 4 heteroatoms. The summed E-state index contributed by atoms with van der Waals surface area (Å²) in [6, 6.07) is 8.40. The number of rotatable bonds is 6. The third-order valence-corrected chi connectivity index (χ3v) is 4.82. The zero-order valence-electron chi connectivity index (χ0n) is 13.8. The summed E-state index contributed by atoms with van der Waals surface area (Å²) in [7, 11) is 0. The molecule has 22 heavy (non-hydrogen) atoms. The minimum atomic E-state index is -0.00733. The van der Waals surface area contributed by atoms with Gasteiger partial charge in [0.05, 0.1) is 5.69 Å². The Bertz CT molecular complexity index is 629. The summed E-state index contributed by atoms with van der Waals surface area (Å²) in [6.45, 7) is 9.07. The number of nitrogens with one attached hydrogen (secondary N) is 1. The molecule has 0 saturated carbocycles. The van der Waals surface area contributed by atoms with Crippen LogP contribution < -0.4 is 5.32 Å². The van der Waals surface area contributed by atoms with E-state index in [-0.39, 0.29) is 5.91 Å². The molecule has 0 spiro atoms. The lowest BCUT2D eigenvalue weighted by Gasteiger charge is -2.05. The van der Waals surface area contributed by atoms with Crippen LogP contribution in [0, 0.1) is 12.8 Å². The van der Waals surface area contributed by atoms with Gasteiger partial charge in [-0.2, -0.15) is 0 Å². The van der Waals surface area contributed by atoms with Crippen molar-refractivity contribution in [3.8, 4) is 10.6 Å². The summed E-state index contributed by atoms with van der Waals surface area (Å²) in [5.41, 5.74) is 3.19. The lowest BCUT2D eigenvalue weighted by molar-refractivity contribution is 0.0955. The van der Waals surface area contributed by atoms with Crippen LogP contribution in [0.4, 0.5) is 0 Å². The number of amides is 1. The molecular formula is C18H24N2OS. The molecule has 2 aromatic rings. The van der Waals surface area contributed by atoms with Crippen molar-refractivity contribution in [1.29, 1.82) is 0 Å². The van der Waals surface area contributed by atoms with Crippen LogP contribution in [0.15, 0.2) is 24.3 Å². The van der Waals surface area contributed by atoms with E-state index >= 15 is 0 Å². The molecule has 0 fully saturated rings. The molecule has 0 aliphatic carbocycles. The number of aryl methyl sites for hydroxylation is 2. The van der Waals surface area contributed by atoms with Crippen molar-refractivity contribution >= 4 is 17.2 Å². The first-order valence-corrected chi connectivity index (χ1v) is 8.67. The van der Waals surface area contributed by atoms with Crippen molar-refractivity contribution < 1.29 is 4.79 Å². The van der Waals surface area contributed by atoms with E-state index in [0.29, 0.717) is 12.5 Å². The average molecular weight is 316 g/mol. The Morgan fingerprint density at radius 3 is 2.55 bits per heavy atom. The molecule has 1 heterocycles. The smallest absolute Gasteiger partial charge is 0.263 e. The fraction of sp³-hybridized carbons (Fsp3) is 0.444. The van der Waals surface area contributed by atoms with Crippen molar-refractivity contribution in [3.05, 3.63) is 40.4 Å². The topological polar surface area (TPSA) is 42.0 Å². The minimum Gasteiger partial charge on any atom is -0.351 e. The SMILES string of the molecule is CCc1ccc(-c2nc(C)c(C(=O)NCCC(C)C)s2)cc1. The number of benzene rings is 1. The van der Waals surface area contributed by atoms with E-state index in [4.69, 9.17) is 0 Å². The Morgan fingerprint density at radius 2 is 1.95 bits per heavy atom. The van der Waals surface area contributed by atoms with Crippen LogP contribution in [-0.2, 0) is 6.42 Å². The summed E-state index contributed by atoms with van der Waals surface area (Å²) < 4.78 is 0. The van der Waals surface area contributed by atoms with Gasteiger partial charge in [-0.15, -0.1) is 11.3 Å². The molecule has 2 rings (SSSR count). The Balaban J connectivity index is 2.11. The number of hydrogen-bond donors (Lipinski definition) is 1. The van der Waals surface area contributed by atoms with Gasteiger partial charge < -0.3 is 5.32 Å². The van der Waals surface area contributed by atoms with E-state index in [1.165, 1.54) is 16.9 Å². The van der Waals surface area contributed by atoms with Gasteiger partial charge in [-0.1, -0.05) is 45.0 Å². The summed E-state index contributed by atoms with van der Waals surface area (Å²) >= 11 is 1.47. The highest BCUT2D eigenvalue weighted by Gasteiger charge is 2.15. The molecule has 1 amide bonds. The van der Waals surface area contributed by atoms with E-state index < -0.39 is 0 Å². The van der Waals surface area contributed by atoms with Crippen LogP contribution >= 0.6 is 11.3 Å². The zero-order valence-corrected chi connectivity index (χ0v) is 14.6. The molecule has 1 aromatic carbocycles. The highest BCUT2D eigenvalue weighted by Crippen LogP contribution is 2.28. The van der Waals surface area contributed by atoms with Gasteiger partial charge >= 0.3 is 0 Å². The van der Waals surface area contributed by atoms with E-state index in [9.17, 15) is 4.79 Å². The summed E-state index contributed by atoms with van der Waals surface area (Å²) in [5.74, 6) is 0.586. The predicted octanol–water partition coefficient (Wildman–Crippen LogP) is 4.46. The number of carbonyl (C=O) groups excluding carboxylic acids is 1. The zero-order chi connectivity index (χ0) is 16.1. The van der Waals surface area contributed by atoms with Gasteiger partial charge in [0.15, 0.2) is 0 Å². The molecular weight excluding hydrogens is 292 g/mol. The molecule has 0 unspecified atom stereocenters. The fourth-order valence-electron chi connectivity index (χ4n) is 2.17. The van der Waals surface area contributed by atoms with Crippen LogP contribution in [-0.4, -0.2) is 17.4 Å². The average Bonchev–Trinajstić information content (AvgIpc) is 2.89. The van der Waals surface area contributed by atoms with Crippen LogP contribution in [0.3, 0.4) is 0 Å². The lowest BCUT2D eigenvalue weighted by atomic mass is 10.1. The first-order valence-electron chi connectivity index (χ1n) is 7.86. The Morgan fingerprint density at radius 1 is 1.27 bits per heavy atom. The number of nitrogens with zero attached hydrogens (tertiary/aromatic N) is 1. The summed E-state index contributed by atoms with van der Waals surface area (Å²) in [4.78, 5) is 17.5. The molecule has 1 N–H and O–H groups in total. The van der Waals surface area contributed by atoms with Crippen LogP contribution in [0.1, 0.15) is 48.1 Å². The van der Waals surface area contributed by atoms with Gasteiger partial charge in [0, 0.05) is 12.1 Å². The second-order valence-electron chi connectivity index (χ2n) is 5.92. The molecule has 1 aromatic heterocycles. The molecule has 0 aliphatic heterocycles. The van der Waals surface area contributed by atoms with Gasteiger partial charge in [0.2, 0.25) is 0 Å². The molecule has 0 radical (unpaired) electrons. The quantitative estimate of drug-likeness (QED) is 0.855. The Kier molecular flexibility index (Phi) is 5.72. The van der Waals surface area contributed by atoms with E-state index in [1.54, 1.807) is 0 Å². The van der Waals surface area contributed by atoms with Gasteiger partial charge in [-0.25, -0.2) is 4.98 Å². The maximum Gasteiger partial charge on any atom is 0.263 e. The third kappa shape index (κ3) is 4.17. The van der Waals surface area contributed by atoms with Gasteiger partial charge in [0.1, 0.15) is 9.88 Å². The summed E-state index contributed by atoms with van der Waals surface area (Å²) in [6.07, 6.45) is 2.02. The number of carbonyl (C=O) groups is 1. The van der Waals surface area contributed by atoms with E-state index in [2.05, 4.69) is 55.3 Å². The highest BCUT2D eigenvalue weighted by molar-refractivity contribution is 7.17. The molecule has 3 nitrogen and oxygen atoms in total. The third-order valence-electron chi connectivity index (χ3n) is 3.62. The van der Waals surface area contributed by atoms with Crippen LogP contribution in [0.25, 0.3) is 10.6 Å². The van der Waals surface area contributed by atoms with Crippen molar-refractivity contribution in [3.63, 3.8) is 0 Å². The maximum atomic E-state index is 12.3. The molecule has 0 bridgehead atoms. The van der Waals surface area contributed by atoms with E-state index in [0.717, 1.165) is 34.0 Å². The van der Waals surface area contributed by atoms with Gasteiger partial charge in [-0.05, 0) is 31.2 Å². The first kappa shape index (κ1) is 16.7. The van der Waals surface area contributed by atoms with Crippen molar-refractivity contribution in [2.24, 2.45) is 5.92 Å². The molecule has 0 atom stereocenters. The molecule has 0 aliphatic rings. The van der Waals surface area contributed by atoms with Crippen LogP contribution in [0.2, 0.25) is 0 Å². The second-order valence-corrected chi connectivity index (χ2v) is 6.92. The number of aromatic nitrogens is 1. The lowest BCUT2D eigenvalue weighted by Crippen LogP contribution is -2.25. The fourth-order valence-corrected chi connectivity index (χ4v) is 3.16. The normalized spacial score (nSPS) is 11.0. The Hall–Kier alpha value is -1.68. The van der Waals surface area contributed by atoms with Crippen molar-refractivity contribution in [2.45, 2.75) is 40.5 Å². The van der Waals surface area contributed by atoms with Crippen molar-refractivity contribution in [2.75, 3.05) is 6.54 Å². The highest BCUT2D eigenvalue weighted by atomic mass is 32.1.